The van der Waals surface area contributed by atoms with Crippen LogP contribution in [-0.2, 0) is 14.3 Å². The highest BCUT2D eigenvalue weighted by Crippen LogP contribution is 1.93. The summed E-state index contributed by atoms with van der Waals surface area (Å²) in [5.41, 5.74) is -0.166. The molecule has 0 aromatic rings. The average Bonchev–Trinajstić information content (AvgIpc) is 2.33. The van der Waals surface area contributed by atoms with Gasteiger partial charge in [-0.2, -0.15) is 5.26 Å². The number of rotatable bonds is 8. The fourth-order valence-corrected chi connectivity index (χ4v) is 0.978. The Kier molecular flexibility index (Phi) is 7.98. The predicted molar refractivity (Wildman–Crippen MR) is 63.4 cm³/mol. The summed E-state index contributed by atoms with van der Waals surface area (Å²) in [5.74, 6) is -1.87. The van der Waals surface area contributed by atoms with E-state index in [4.69, 9.17) is 15.1 Å². The molecule has 0 aliphatic rings. The molecule has 0 aliphatic carbocycles. The molecule has 7 nitrogen and oxygen atoms in total. The Labute approximate surface area is 105 Å². The first-order chi connectivity index (χ1) is 8.52. The Morgan fingerprint density at radius 1 is 1.56 bits per heavy atom. The third kappa shape index (κ3) is 6.50. The summed E-state index contributed by atoms with van der Waals surface area (Å²) in [6.07, 6.45) is 2.00. The summed E-state index contributed by atoms with van der Waals surface area (Å²) in [6, 6.07) is 0.660. The molecule has 0 saturated carbocycles. The van der Waals surface area contributed by atoms with E-state index < -0.39 is 17.9 Å². The van der Waals surface area contributed by atoms with Gasteiger partial charge in [-0.05, 0) is 13.3 Å². The summed E-state index contributed by atoms with van der Waals surface area (Å²) in [4.78, 5) is 22.0. The van der Waals surface area contributed by atoms with E-state index in [2.05, 4.69) is 10.6 Å². The molecule has 0 aromatic heterocycles. The number of carboxylic acid groups (broad SMARTS) is 1. The minimum absolute atomic E-state index is 0.166. The van der Waals surface area contributed by atoms with Crippen LogP contribution < -0.4 is 10.6 Å². The van der Waals surface area contributed by atoms with Gasteiger partial charge in [0.05, 0.1) is 0 Å². The van der Waals surface area contributed by atoms with Gasteiger partial charge in [-0.1, -0.05) is 0 Å². The minimum Gasteiger partial charge on any atom is -0.480 e. The lowest BCUT2D eigenvalue weighted by Gasteiger charge is -2.08. The van der Waals surface area contributed by atoms with E-state index in [0.29, 0.717) is 13.2 Å². The lowest BCUT2D eigenvalue weighted by molar-refractivity contribution is -0.140. The lowest BCUT2D eigenvalue weighted by atomic mass is 10.2. The maximum atomic E-state index is 11.5. The van der Waals surface area contributed by atoms with E-state index in [9.17, 15) is 9.59 Å². The molecular weight excluding hydrogens is 238 g/mol. The largest absolute Gasteiger partial charge is 0.480 e. The van der Waals surface area contributed by atoms with Crippen LogP contribution in [0.4, 0.5) is 0 Å². The zero-order chi connectivity index (χ0) is 14.0. The van der Waals surface area contributed by atoms with Crippen molar-refractivity contribution in [2.45, 2.75) is 19.4 Å². The van der Waals surface area contributed by atoms with Crippen LogP contribution in [0, 0.1) is 11.3 Å². The summed E-state index contributed by atoms with van der Waals surface area (Å²) in [5, 5.41) is 22.3. The number of ether oxygens (including phenoxy) is 1. The maximum absolute atomic E-state index is 11.5. The van der Waals surface area contributed by atoms with Crippen molar-refractivity contribution in [2.75, 3.05) is 20.3 Å². The van der Waals surface area contributed by atoms with Crippen LogP contribution in [-0.4, -0.2) is 43.3 Å². The van der Waals surface area contributed by atoms with Crippen molar-refractivity contribution in [3.8, 4) is 6.07 Å². The summed E-state index contributed by atoms with van der Waals surface area (Å²) in [6.45, 7) is 2.45. The third-order valence-corrected chi connectivity index (χ3v) is 2.00. The van der Waals surface area contributed by atoms with Crippen molar-refractivity contribution in [3.63, 3.8) is 0 Å². The molecule has 100 valence electrons. The quantitative estimate of drug-likeness (QED) is 0.309. The number of carbonyl (C=O) groups excluding carboxylic acids is 1. The fourth-order valence-electron chi connectivity index (χ4n) is 0.978. The summed E-state index contributed by atoms with van der Waals surface area (Å²) < 4.78 is 4.83. The average molecular weight is 255 g/mol. The fraction of sp³-hybridized carbons (Fsp3) is 0.545. The number of methoxy groups -OCH3 is 1. The van der Waals surface area contributed by atoms with Crippen molar-refractivity contribution in [2.24, 2.45) is 0 Å². The number of hydrogen-bond donors (Lipinski definition) is 3. The van der Waals surface area contributed by atoms with Crippen molar-refractivity contribution < 1.29 is 19.4 Å². The van der Waals surface area contributed by atoms with Crippen molar-refractivity contribution in [1.82, 2.24) is 10.6 Å². The second-order valence-corrected chi connectivity index (χ2v) is 3.50. The lowest BCUT2D eigenvalue weighted by Crippen LogP contribution is -2.39. The summed E-state index contributed by atoms with van der Waals surface area (Å²) >= 11 is 0. The van der Waals surface area contributed by atoms with Gasteiger partial charge in [-0.15, -0.1) is 0 Å². The van der Waals surface area contributed by atoms with E-state index in [1.165, 1.54) is 13.1 Å². The number of carbonyl (C=O) groups is 2. The summed E-state index contributed by atoms with van der Waals surface area (Å²) in [7, 11) is 1.58. The molecule has 0 bridgehead atoms. The van der Waals surface area contributed by atoms with Gasteiger partial charge in [0.15, 0.2) is 0 Å². The predicted octanol–water partition coefficient (Wildman–Crippen LogP) is -0.391. The number of amides is 1. The topological polar surface area (TPSA) is 111 Å². The van der Waals surface area contributed by atoms with Crippen LogP contribution in [0.1, 0.15) is 13.3 Å². The molecule has 0 heterocycles. The van der Waals surface area contributed by atoms with Crippen molar-refractivity contribution >= 4 is 11.9 Å². The van der Waals surface area contributed by atoms with Gasteiger partial charge in [-0.3, -0.25) is 9.59 Å². The SMILES string of the molecule is COCCCN/C=C(/C#N)C(=O)NC(C)C(=O)O. The van der Waals surface area contributed by atoms with Crippen LogP contribution in [0.2, 0.25) is 0 Å². The Balaban J connectivity index is 4.23. The van der Waals surface area contributed by atoms with Crippen LogP contribution >= 0.6 is 0 Å². The van der Waals surface area contributed by atoms with Crippen LogP contribution in [0.3, 0.4) is 0 Å². The molecule has 1 amide bonds. The zero-order valence-electron chi connectivity index (χ0n) is 10.4. The van der Waals surface area contributed by atoms with Gasteiger partial charge in [-0.25, -0.2) is 0 Å². The first-order valence-electron chi connectivity index (χ1n) is 5.39. The third-order valence-electron chi connectivity index (χ3n) is 2.00. The van der Waals surface area contributed by atoms with Crippen LogP contribution in [0.5, 0.6) is 0 Å². The monoisotopic (exact) mass is 255 g/mol. The molecule has 0 fully saturated rings. The molecule has 3 N–H and O–H groups in total. The molecule has 0 saturated heterocycles. The Morgan fingerprint density at radius 3 is 2.72 bits per heavy atom. The second-order valence-electron chi connectivity index (χ2n) is 3.50. The molecule has 0 aliphatic heterocycles. The van der Waals surface area contributed by atoms with E-state index in [0.717, 1.165) is 6.42 Å². The Hall–Kier alpha value is -2.07. The van der Waals surface area contributed by atoms with Crippen LogP contribution in [0.25, 0.3) is 0 Å². The van der Waals surface area contributed by atoms with Crippen LogP contribution in [0.15, 0.2) is 11.8 Å². The smallest absolute Gasteiger partial charge is 0.325 e. The second kappa shape index (κ2) is 9.01. The molecule has 0 rings (SSSR count). The first kappa shape index (κ1) is 15.9. The van der Waals surface area contributed by atoms with E-state index in [1.54, 1.807) is 13.2 Å². The molecule has 18 heavy (non-hydrogen) atoms. The van der Waals surface area contributed by atoms with Gasteiger partial charge in [0.2, 0.25) is 0 Å². The molecule has 1 unspecified atom stereocenters. The minimum atomic E-state index is -1.16. The number of nitrogens with one attached hydrogen (secondary N) is 2. The molecular formula is C11H17N3O4. The Morgan fingerprint density at radius 2 is 2.22 bits per heavy atom. The molecule has 7 heteroatoms. The van der Waals surface area contributed by atoms with Crippen molar-refractivity contribution in [3.05, 3.63) is 11.8 Å². The van der Waals surface area contributed by atoms with E-state index in [1.807, 2.05) is 0 Å². The highest BCUT2D eigenvalue weighted by atomic mass is 16.5. The number of aliphatic carboxylic acids is 1. The van der Waals surface area contributed by atoms with Gasteiger partial charge < -0.3 is 20.5 Å². The molecule has 0 spiro atoms. The number of nitriles is 1. The number of hydrogen-bond acceptors (Lipinski definition) is 5. The van der Waals surface area contributed by atoms with E-state index in [-0.39, 0.29) is 5.57 Å². The highest BCUT2D eigenvalue weighted by Gasteiger charge is 2.16. The molecule has 1 atom stereocenters. The molecule has 0 aromatic carbocycles. The maximum Gasteiger partial charge on any atom is 0.325 e. The standard InChI is InChI=1S/C11H17N3O4/c1-8(11(16)17)14-10(15)9(6-12)7-13-4-3-5-18-2/h7-8,13H,3-5H2,1-2H3,(H,14,15)(H,16,17)/b9-7-. The number of nitrogens with zero attached hydrogens (tertiary/aromatic N) is 1. The first-order valence-corrected chi connectivity index (χ1v) is 5.39. The van der Waals surface area contributed by atoms with Gasteiger partial charge in [0.25, 0.3) is 5.91 Å². The molecule has 0 radical (unpaired) electrons. The highest BCUT2D eigenvalue weighted by molar-refractivity contribution is 5.98. The van der Waals surface area contributed by atoms with Gasteiger partial charge in [0, 0.05) is 26.5 Å². The zero-order valence-corrected chi connectivity index (χ0v) is 10.4. The normalized spacial score (nSPS) is 12.4. The van der Waals surface area contributed by atoms with E-state index >= 15 is 0 Å². The Bertz CT molecular complexity index is 360. The van der Waals surface area contributed by atoms with Crippen molar-refractivity contribution in [1.29, 1.82) is 5.26 Å². The van der Waals surface area contributed by atoms with Gasteiger partial charge >= 0.3 is 5.97 Å². The number of carboxylic acids is 1. The van der Waals surface area contributed by atoms with Gasteiger partial charge in [0.1, 0.15) is 17.7 Å².